The lowest BCUT2D eigenvalue weighted by Gasteiger charge is -2.48. The zero-order chi connectivity index (χ0) is 22.1. The van der Waals surface area contributed by atoms with Crippen molar-refractivity contribution in [3.63, 3.8) is 0 Å². The monoisotopic (exact) mass is 455 g/mol. The Hall–Kier alpha value is -1.73. The number of hydrogen-bond donors (Lipinski definition) is 0. The van der Waals surface area contributed by atoms with E-state index in [1.807, 2.05) is 5.34 Å². The van der Waals surface area contributed by atoms with Crippen molar-refractivity contribution in [1.29, 1.82) is 0 Å². The fourth-order valence-corrected chi connectivity index (χ4v) is 6.02. The van der Waals surface area contributed by atoms with Crippen LogP contribution in [0.25, 0.3) is 0 Å². The van der Waals surface area contributed by atoms with E-state index in [0.717, 1.165) is 0 Å². The van der Waals surface area contributed by atoms with E-state index in [9.17, 15) is 40.8 Å². The maximum absolute atomic E-state index is 14.6. The molecular weight excluding hydrogens is 436 g/mol. The molecule has 2 fully saturated rings. The van der Waals surface area contributed by atoms with E-state index in [1.54, 1.807) is 0 Å². The highest BCUT2D eigenvalue weighted by molar-refractivity contribution is 8.30. The van der Waals surface area contributed by atoms with E-state index in [0.29, 0.717) is 6.92 Å². The summed E-state index contributed by atoms with van der Waals surface area (Å²) in [7, 11) is -4.39. The van der Waals surface area contributed by atoms with Gasteiger partial charge < -0.3 is 13.8 Å². The quantitative estimate of drug-likeness (QED) is 0.237. The number of hydrogen-bond acceptors (Lipinski definition) is 7. The molecule has 168 valence electrons. The molecule has 0 spiro atoms. The highest BCUT2D eigenvalue weighted by Crippen LogP contribution is 2.71. The van der Waals surface area contributed by atoms with Crippen LogP contribution in [0, 0.1) is 4.91 Å². The van der Waals surface area contributed by atoms with Crippen molar-refractivity contribution in [2.75, 3.05) is 11.5 Å². The molecule has 7 nitrogen and oxygen atoms in total. The molecule has 2 aliphatic rings. The first-order valence-electron chi connectivity index (χ1n) is 8.66. The first-order valence-corrected chi connectivity index (χ1v) is 10.6. The lowest BCUT2D eigenvalue weighted by atomic mass is 10.1. The highest BCUT2D eigenvalue weighted by Gasteiger charge is 2.77. The van der Waals surface area contributed by atoms with Crippen molar-refractivity contribution in [2.24, 2.45) is 5.34 Å². The van der Waals surface area contributed by atoms with Gasteiger partial charge in [-0.2, -0.15) is 26.3 Å². The van der Waals surface area contributed by atoms with Crippen molar-refractivity contribution in [1.82, 2.24) is 0 Å². The number of rotatable bonds is 8. The minimum Gasteiger partial charge on any atom is -0.460 e. The summed E-state index contributed by atoms with van der Waals surface area (Å²) in [5.74, 6) is -14.2. The largest absolute Gasteiger partial charge is 0.460 e. The lowest BCUT2D eigenvalue weighted by molar-refractivity contribution is -0.280. The van der Waals surface area contributed by atoms with E-state index in [1.165, 1.54) is 0 Å². The minimum atomic E-state index is -5.78. The number of carbonyl (C=O) groups is 2. The minimum absolute atomic E-state index is 0.00345. The number of halogens is 6. The third-order valence-corrected chi connectivity index (χ3v) is 8.21. The predicted octanol–water partition coefficient (Wildman–Crippen LogP) is 4.09. The van der Waals surface area contributed by atoms with E-state index in [2.05, 4.69) is 4.28 Å². The molecule has 2 heterocycles. The Labute approximate surface area is 162 Å². The standard InChI is InChI=1S/C15H19F6NO6S/c1-2-13(16,17)14(18,19)15(20,21)29(28-22-25)7-5-9(6-8-29)26-12(24)10-3-4-11(23)27-10/h9-10H,2-8H2,1H3. The summed E-state index contributed by atoms with van der Waals surface area (Å²) in [4.78, 5) is 33.4. The van der Waals surface area contributed by atoms with Crippen LogP contribution in [-0.2, 0) is 23.3 Å². The first-order chi connectivity index (χ1) is 13.3. The smallest absolute Gasteiger partial charge is 0.383 e. The molecule has 1 atom stereocenters. The van der Waals surface area contributed by atoms with Crippen molar-refractivity contribution in [2.45, 2.75) is 68.3 Å². The van der Waals surface area contributed by atoms with Crippen LogP contribution in [0.15, 0.2) is 5.34 Å². The number of cyclic esters (lactones) is 1. The van der Waals surface area contributed by atoms with Crippen LogP contribution in [0.1, 0.15) is 39.0 Å². The summed E-state index contributed by atoms with van der Waals surface area (Å²) in [5, 5.41) is -3.52. The Balaban J connectivity index is 2.13. The second-order valence-electron chi connectivity index (χ2n) is 6.67. The number of nitrogens with zero attached hydrogens (tertiary/aromatic N) is 1. The second-order valence-corrected chi connectivity index (χ2v) is 9.77. The number of carbonyl (C=O) groups excluding carboxylic acids is 2. The molecule has 0 N–H and O–H groups in total. The fraction of sp³-hybridized carbons (Fsp3) is 0.867. The van der Waals surface area contributed by atoms with Gasteiger partial charge in [0, 0.05) is 41.1 Å². The van der Waals surface area contributed by atoms with Gasteiger partial charge in [-0.15, -0.1) is 4.91 Å². The summed E-state index contributed by atoms with van der Waals surface area (Å²) >= 11 is 0. The van der Waals surface area contributed by atoms with Gasteiger partial charge in [0.05, 0.1) is 0 Å². The van der Waals surface area contributed by atoms with Crippen LogP contribution in [0.3, 0.4) is 0 Å². The number of ether oxygens (including phenoxy) is 2. The zero-order valence-corrected chi connectivity index (χ0v) is 16.0. The van der Waals surface area contributed by atoms with Crippen LogP contribution in [-0.4, -0.2) is 52.8 Å². The van der Waals surface area contributed by atoms with E-state index >= 15 is 0 Å². The van der Waals surface area contributed by atoms with E-state index < -0.39 is 82.3 Å². The molecule has 2 rings (SSSR count). The third-order valence-electron chi connectivity index (χ3n) is 4.88. The molecule has 0 aromatic rings. The van der Waals surface area contributed by atoms with Crippen molar-refractivity contribution in [3.8, 4) is 0 Å². The Morgan fingerprint density at radius 2 is 1.76 bits per heavy atom. The first kappa shape index (κ1) is 23.5. The molecule has 0 bridgehead atoms. The van der Waals surface area contributed by atoms with Gasteiger partial charge in [0.1, 0.15) is 6.10 Å². The number of alkyl halides is 6. The van der Waals surface area contributed by atoms with Gasteiger partial charge in [-0.3, -0.25) is 4.79 Å². The van der Waals surface area contributed by atoms with Gasteiger partial charge in [-0.25, -0.2) is 4.79 Å². The van der Waals surface area contributed by atoms with Gasteiger partial charge in [-0.05, 0) is 12.8 Å². The van der Waals surface area contributed by atoms with Gasteiger partial charge in [-0.1, -0.05) is 6.92 Å². The molecular formula is C15H19F6NO6S. The lowest BCUT2D eigenvalue weighted by Crippen LogP contribution is -2.57. The van der Waals surface area contributed by atoms with Gasteiger partial charge in [0.15, 0.2) is 11.4 Å². The predicted molar refractivity (Wildman–Crippen MR) is 87.6 cm³/mol. The summed E-state index contributed by atoms with van der Waals surface area (Å²) in [5.41, 5.74) is 0. The van der Waals surface area contributed by atoms with Crippen LogP contribution in [0.5, 0.6) is 0 Å². The molecule has 1 unspecified atom stereocenters. The highest BCUT2D eigenvalue weighted by atomic mass is 32.3. The Morgan fingerprint density at radius 1 is 1.17 bits per heavy atom. The van der Waals surface area contributed by atoms with Gasteiger partial charge in [0.2, 0.25) is 0 Å². The molecule has 0 aromatic heterocycles. The SMILES string of the molecule is CCC(F)(F)C(F)(F)C(F)(F)S1(ON=O)CCC(OC(=O)C2CCC(=O)O2)CC1. The molecule has 14 heteroatoms. The summed E-state index contributed by atoms with van der Waals surface area (Å²) in [6.45, 7) is 0.622. The van der Waals surface area contributed by atoms with Crippen molar-refractivity contribution >= 4 is 22.2 Å². The van der Waals surface area contributed by atoms with Gasteiger partial charge >= 0.3 is 29.0 Å². The fourth-order valence-electron chi connectivity index (χ4n) is 3.04. The average molecular weight is 455 g/mol. The molecule has 0 saturated carbocycles. The Kier molecular flexibility index (Phi) is 6.65. The molecule has 0 amide bonds. The third kappa shape index (κ3) is 4.12. The van der Waals surface area contributed by atoms with E-state index in [4.69, 9.17) is 9.47 Å². The second kappa shape index (κ2) is 8.19. The van der Waals surface area contributed by atoms with Gasteiger partial charge in [0.25, 0.3) is 0 Å². The normalized spacial score (nSPS) is 30.8. The van der Waals surface area contributed by atoms with E-state index in [-0.39, 0.29) is 12.8 Å². The average Bonchev–Trinajstić information content (AvgIpc) is 3.09. The summed E-state index contributed by atoms with van der Waals surface area (Å²) in [6.07, 6.45) is -4.53. The topological polar surface area (TPSA) is 91.3 Å². The van der Waals surface area contributed by atoms with Crippen molar-refractivity contribution in [3.05, 3.63) is 4.91 Å². The molecule has 0 radical (unpaired) electrons. The van der Waals surface area contributed by atoms with Crippen LogP contribution in [0.4, 0.5) is 26.3 Å². The number of esters is 2. The van der Waals surface area contributed by atoms with Crippen LogP contribution in [0.2, 0.25) is 0 Å². The molecule has 2 saturated heterocycles. The molecule has 29 heavy (non-hydrogen) atoms. The summed E-state index contributed by atoms with van der Waals surface area (Å²) in [6, 6.07) is 0. The molecule has 0 aromatic carbocycles. The zero-order valence-electron chi connectivity index (χ0n) is 15.2. The Morgan fingerprint density at radius 3 is 2.21 bits per heavy atom. The maximum atomic E-state index is 14.6. The van der Waals surface area contributed by atoms with Crippen LogP contribution < -0.4 is 0 Å². The maximum Gasteiger partial charge on any atom is 0.383 e. The molecule has 0 aliphatic carbocycles. The van der Waals surface area contributed by atoms with Crippen molar-refractivity contribution < 1.29 is 49.7 Å². The van der Waals surface area contributed by atoms with Crippen LogP contribution >= 0.6 is 10.3 Å². The molecule has 2 aliphatic heterocycles. The summed E-state index contributed by atoms with van der Waals surface area (Å²) < 4.78 is 98.3. The Bertz CT molecular complexity index is 655.